The van der Waals surface area contributed by atoms with Crippen molar-refractivity contribution in [1.82, 2.24) is 0 Å². The summed E-state index contributed by atoms with van der Waals surface area (Å²) in [4.78, 5) is 0. The van der Waals surface area contributed by atoms with Gasteiger partial charge in [0.1, 0.15) is 0 Å². The van der Waals surface area contributed by atoms with Crippen molar-refractivity contribution < 1.29 is 9.47 Å². The largest absolute Gasteiger partial charge is 0.449 e. The molecular formula is C12H3Br4ClO2. The van der Waals surface area contributed by atoms with Crippen molar-refractivity contribution in [2.24, 2.45) is 0 Å². The van der Waals surface area contributed by atoms with E-state index in [-0.39, 0.29) is 0 Å². The van der Waals surface area contributed by atoms with Gasteiger partial charge in [-0.15, -0.1) is 0 Å². The van der Waals surface area contributed by atoms with Gasteiger partial charge in [-0.2, -0.15) is 0 Å². The summed E-state index contributed by atoms with van der Waals surface area (Å²) >= 11 is 19.8. The molecule has 0 unspecified atom stereocenters. The standard InChI is InChI=1S/C12H3Br4ClO2/c13-4-1-6(15)11-7(2-4)18-8-3-5(14)10(17)9(16)12(8)19-11/h1-3H. The summed E-state index contributed by atoms with van der Waals surface area (Å²) in [6.45, 7) is 0. The molecule has 3 rings (SSSR count). The van der Waals surface area contributed by atoms with Crippen LogP contribution < -0.4 is 9.47 Å². The highest BCUT2D eigenvalue weighted by atomic mass is 79.9. The SMILES string of the molecule is Clc1c(Br)cc2c(c1Br)Oc1c(Br)cc(Br)cc1O2. The van der Waals surface area contributed by atoms with Gasteiger partial charge in [0.25, 0.3) is 0 Å². The molecular weight excluding hydrogens is 531 g/mol. The van der Waals surface area contributed by atoms with Gasteiger partial charge in [0.2, 0.25) is 0 Å². The minimum Gasteiger partial charge on any atom is -0.449 e. The Hall–Kier alpha value is 0.250. The molecule has 19 heavy (non-hydrogen) atoms. The molecule has 0 amide bonds. The molecule has 98 valence electrons. The van der Waals surface area contributed by atoms with Crippen LogP contribution in [0.3, 0.4) is 0 Å². The van der Waals surface area contributed by atoms with Gasteiger partial charge < -0.3 is 9.47 Å². The van der Waals surface area contributed by atoms with Crippen molar-refractivity contribution in [1.29, 1.82) is 0 Å². The van der Waals surface area contributed by atoms with Gasteiger partial charge in [-0.1, -0.05) is 27.5 Å². The maximum Gasteiger partial charge on any atom is 0.185 e. The summed E-state index contributed by atoms with van der Waals surface area (Å²) in [6.07, 6.45) is 0. The Morgan fingerprint density at radius 1 is 0.789 bits per heavy atom. The van der Waals surface area contributed by atoms with E-state index >= 15 is 0 Å². The lowest BCUT2D eigenvalue weighted by Crippen LogP contribution is -2.01. The van der Waals surface area contributed by atoms with E-state index in [9.17, 15) is 0 Å². The first-order chi connectivity index (χ1) is 8.97. The molecule has 7 heteroatoms. The summed E-state index contributed by atoms with van der Waals surface area (Å²) < 4.78 is 14.8. The van der Waals surface area contributed by atoms with E-state index in [1.54, 1.807) is 6.07 Å². The molecule has 0 atom stereocenters. The Balaban J connectivity index is 2.20. The molecule has 1 aliphatic rings. The summed E-state index contributed by atoms with van der Waals surface area (Å²) in [7, 11) is 0. The molecule has 2 aromatic rings. The molecule has 0 fully saturated rings. The van der Waals surface area contributed by atoms with Gasteiger partial charge in [-0.3, -0.25) is 0 Å². The van der Waals surface area contributed by atoms with E-state index in [2.05, 4.69) is 63.7 Å². The number of fused-ring (bicyclic) bond motifs is 2. The van der Waals surface area contributed by atoms with Crippen LogP contribution in [-0.2, 0) is 0 Å². The molecule has 2 aromatic carbocycles. The Morgan fingerprint density at radius 3 is 2.21 bits per heavy atom. The number of hydrogen-bond acceptors (Lipinski definition) is 2. The van der Waals surface area contributed by atoms with Gasteiger partial charge in [0, 0.05) is 15.0 Å². The Morgan fingerprint density at radius 2 is 1.47 bits per heavy atom. The highest BCUT2D eigenvalue weighted by Gasteiger charge is 2.26. The first-order valence-corrected chi connectivity index (χ1v) is 8.54. The summed E-state index contributed by atoms with van der Waals surface area (Å²) in [6, 6.07) is 5.52. The third-order valence-electron chi connectivity index (χ3n) is 2.48. The third kappa shape index (κ3) is 2.46. The smallest absolute Gasteiger partial charge is 0.185 e. The van der Waals surface area contributed by atoms with Crippen LogP contribution in [0.2, 0.25) is 5.02 Å². The number of rotatable bonds is 0. The molecule has 1 aliphatic heterocycles. The molecule has 0 N–H and O–H groups in total. The van der Waals surface area contributed by atoms with Crippen LogP contribution in [0.4, 0.5) is 0 Å². The van der Waals surface area contributed by atoms with E-state index in [4.69, 9.17) is 21.1 Å². The second-order valence-electron chi connectivity index (χ2n) is 3.73. The molecule has 1 heterocycles. The molecule has 0 aromatic heterocycles. The minimum atomic E-state index is 0.541. The van der Waals surface area contributed by atoms with Crippen LogP contribution in [0.1, 0.15) is 0 Å². The van der Waals surface area contributed by atoms with Crippen LogP contribution in [0.25, 0.3) is 0 Å². The maximum absolute atomic E-state index is 6.16. The summed E-state index contributed by atoms with van der Waals surface area (Å²) in [5, 5.41) is 0.541. The Labute approximate surface area is 147 Å². The van der Waals surface area contributed by atoms with Crippen LogP contribution in [0.15, 0.2) is 36.1 Å². The van der Waals surface area contributed by atoms with Gasteiger partial charge >= 0.3 is 0 Å². The highest BCUT2D eigenvalue weighted by molar-refractivity contribution is 9.11. The topological polar surface area (TPSA) is 18.5 Å². The molecule has 0 aliphatic carbocycles. The monoisotopic (exact) mass is 530 g/mol. The Kier molecular flexibility index (Phi) is 3.90. The van der Waals surface area contributed by atoms with Crippen molar-refractivity contribution in [2.45, 2.75) is 0 Å². The van der Waals surface area contributed by atoms with E-state index in [1.165, 1.54) is 0 Å². The van der Waals surface area contributed by atoms with Crippen molar-refractivity contribution in [3.8, 4) is 23.0 Å². The summed E-state index contributed by atoms with van der Waals surface area (Å²) in [5.41, 5.74) is 0. The van der Waals surface area contributed by atoms with Gasteiger partial charge in [0.15, 0.2) is 23.0 Å². The zero-order valence-corrected chi connectivity index (χ0v) is 16.0. The van der Waals surface area contributed by atoms with Crippen molar-refractivity contribution in [2.75, 3.05) is 0 Å². The normalized spacial score (nSPS) is 12.3. The molecule has 0 spiro atoms. The molecule has 2 nitrogen and oxygen atoms in total. The van der Waals surface area contributed by atoms with Crippen molar-refractivity contribution in [3.05, 3.63) is 41.1 Å². The van der Waals surface area contributed by atoms with E-state index in [0.717, 1.165) is 13.4 Å². The van der Waals surface area contributed by atoms with Gasteiger partial charge in [-0.05, 0) is 59.9 Å². The molecule has 0 saturated heterocycles. The lowest BCUT2D eigenvalue weighted by Gasteiger charge is -2.23. The second-order valence-corrected chi connectivity index (χ2v) is 7.53. The van der Waals surface area contributed by atoms with E-state index in [1.807, 2.05) is 12.1 Å². The van der Waals surface area contributed by atoms with Gasteiger partial charge in [-0.25, -0.2) is 0 Å². The number of benzene rings is 2. The predicted molar refractivity (Wildman–Crippen MR) is 88.8 cm³/mol. The number of ether oxygens (including phenoxy) is 2. The fourth-order valence-electron chi connectivity index (χ4n) is 1.66. The fraction of sp³-hybridized carbons (Fsp3) is 0. The molecule has 0 radical (unpaired) electrons. The summed E-state index contributed by atoms with van der Waals surface area (Å²) in [5.74, 6) is 2.41. The quantitative estimate of drug-likeness (QED) is 0.282. The van der Waals surface area contributed by atoms with Gasteiger partial charge in [0.05, 0.1) is 14.0 Å². The van der Waals surface area contributed by atoms with Crippen LogP contribution in [0.5, 0.6) is 23.0 Å². The average molecular weight is 534 g/mol. The fourth-order valence-corrected chi connectivity index (χ4v) is 4.23. The minimum absolute atomic E-state index is 0.541. The van der Waals surface area contributed by atoms with Crippen molar-refractivity contribution >= 4 is 75.3 Å². The van der Waals surface area contributed by atoms with Crippen LogP contribution >= 0.6 is 75.3 Å². The first-order valence-electron chi connectivity index (χ1n) is 4.99. The highest BCUT2D eigenvalue weighted by Crippen LogP contribution is 2.54. The second kappa shape index (κ2) is 5.22. The maximum atomic E-state index is 6.16. The third-order valence-corrected chi connectivity index (χ3v) is 5.76. The van der Waals surface area contributed by atoms with Crippen molar-refractivity contribution in [3.63, 3.8) is 0 Å². The average Bonchev–Trinajstić information content (AvgIpc) is 2.34. The molecule has 0 saturated carbocycles. The lowest BCUT2D eigenvalue weighted by molar-refractivity contribution is 0.355. The number of halogens is 5. The molecule has 0 bridgehead atoms. The Bertz CT molecular complexity index is 703. The van der Waals surface area contributed by atoms with Crippen LogP contribution in [0, 0.1) is 0 Å². The lowest BCUT2D eigenvalue weighted by atomic mass is 10.2. The zero-order chi connectivity index (χ0) is 13.7. The zero-order valence-electron chi connectivity index (χ0n) is 8.94. The van der Waals surface area contributed by atoms with E-state index in [0.29, 0.717) is 32.5 Å². The van der Waals surface area contributed by atoms with Crippen LogP contribution in [-0.4, -0.2) is 0 Å². The first kappa shape index (κ1) is 14.2. The number of hydrogen-bond donors (Lipinski definition) is 0. The van der Waals surface area contributed by atoms with E-state index < -0.39 is 0 Å². The predicted octanol–water partition coefficient (Wildman–Crippen LogP) is 7.29.